The highest BCUT2D eigenvalue weighted by Gasteiger charge is 2.51. The molecule has 7 aromatic carbocycles. The highest BCUT2D eigenvalue weighted by atomic mass is 32.1. The van der Waals surface area contributed by atoms with Gasteiger partial charge in [-0.3, -0.25) is 0 Å². The van der Waals surface area contributed by atoms with Gasteiger partial charge in [0.25, 0.3) is 0 Å². The van der Waals surface area contributed by atoms with E-state index in [1.807, 2.05) is 22.7 Å². The van der Waals surface area contributed by atoms with Gasteiger partial charge in [0.2, 0.25) is 0 Å². The zero-order valence-corrected chi connectivity index (χ0v) is 46.9. The third-order valence-corrected chi connectivity index (χ3v) is 20.1. The van der Waals surface area contributed by atoms with Gasteiger partial charge in [-0.05, 0) is 168 Å². The molecular weight excluding hydrogens is 908 g/mol. The predicted molar refractivity (Wildman–Crippen MR) is 317 cm³/mol. The Bertz CT molecular complexity index is 3780. The van der Waals surface area contributed by atoms with E-state index >= 15 is 0 Å². The van der Waals surface area contributed by atoms with Gasteiger partial charge in [0.1, 0.15) is 0 Å². The largest absolute Gasteiger partial charge is 0.376 e. The van der Waals surface area contributed by atoms with Crippen LogP contribution in [0.4, 0.5) is 28.4 Å². The average Bonchev–Trinajstić information content (AvgIpc) is 3.95. The minimum absolute atomic E-state index is 0.0108. The first kappa shape index (κ1) is 46.2. The minimum Gasteiger partial charge on any atom is -0.376 e. The molecule has 0 amide bonds. The first-order chi connectivity index (χ1) is 33.8. The van der Waals surface area contributed by atoms with Gasteiger partial charge >= 0.3 is 6.85 Å². The number of rotatable bonds is 2. The van der Waals surface area contributed by atoms with E-state index in [9.17, 15) is 0 Å². The van der Waals surface area contributed by atoms with Crippen molar-refractivity contribution in [1.29, 1.82) is 0 Å². The second-order valence-corrected chi connectivity index (χ2v) is 29.1. The van der Waals surface area contributed by atoms with Crippen molar-refractivity contribution in [2.24, 2.45) is 0 Å². The van der Waals surface area contributed by atoms with Gasteiger partial charge in [-0.1, -0.05) is 158 Å². The van der Waals surface area contributed by atoms with Crippen molar-refractivity contribution in [1.82, 2.24) is 0 Å². The molecule has 0 fully saturated rings. The Morgan fingerprint density at radius 3 is 1.68 bits per heavy atom. The van der Waals surface area contributed by atoms with E-state index in [0.29, 0.717) is 0 Å². The quantitative estimate of drug-likeness (QED) is 0.159. The minimum atomic E-state index is -0.240. The van der Waals surface area contributed by atoms with Crippen LogP contribution in [-0.2, 0) is 32.5 Å². The second-order valence-electron chi connectivity index (χ2n) is 26.9. The van der Waals surface area contributed by atoms with Crippen LogP contribution in [0.1, 0.15) is 156 Å². The van der Waals surface area contributed by atoms with Gasteiger partial charge in [-0.2, -0.15) is 0 Å². The Morgan fingerprint density at radius 1 is 0.472 bits per heavy atom. The molecule has 362 valence electrons. The third-order valence-electron chi connectivity index (χ3n) is 17.8. The van der Waals surface area contributed by atoms with Gasteiger partial charge < -0.3 is 9.71 Å². The van der Waals surface area contributed by atoms with Crippen LogP contribution in [0.2, 0.25) is 0 Å². The van der Waals surface area contributed by atoms with E-state index in [-0.39, 0.29) is 39.3 Å². The molecule has 2 aliphatic carbocycles. The molecule has 2 aromatic heterocycles. The number of thiophene rings is 2. The summed E-state index contributed by atoms with van der Waals surface area (Å²) in [6.45, 7) is 35.8. The van der Waals surface area contributed by atoms with Crippen molar-refractivity contribution in [2.75, 3.05) is 9.71 Å². The van der Waals surface area contributed by atoms with E-state index in [2.05, 4.69) is 235 Å². The molecule has 0 N–H and O–H groups in total. The van der Waals surface area contributed by atoms with Crippen LogP contribution < -0.4 is 20.0 Å². The highest BCUT2D eigenvalue weighted by Crippen LogP contribution is 2.60. The summed E-state index contributed by atoms with van der Waals surface area (Å²) < 4.78 is 5.49. The van der Waals surface area contributed by atoms with Crippen LogP contribution in [0.3, 0.4) is 0 Å². The number of hydrogen-bond donors (Lipinski definition) is 0. The lowest BCUT2D eigenvalue weighted by atomic mass is 9.45. The monoisotopic (exact) mass is 976 g/mol. The second kappa shape index (κ2) is 14.8. The Labute approximate surface area is 437 Å². The standard InChI is InChI=1S/C67H69BN2S2/c1-62(2,3)38-20-25-41(26-21-38)69-53-35-46-43-18-16-17-19-49(43)67(14,15)58(46)57-47-33-44-45-34-50-51(66(12,13)31-30-65(50,10)11)36-55(45)71-56(44)37-52(47)70(42-27-22-39(23-28-42)63(4,5)6)68(59(53)57)61-60(69)48-32-40(64(7,8)9)24-29-54(48)72-61/h16-29,32-37H,30-31H2,1-15H3. The van der Waals surface area contributed by atoms with Crippen LogP contribution >= 0.6 is 22.7 Å². The fourth-order valence-corrected chi connectivity index (χ4v) is 15.8. The summed E-state index contributed by atoms with van der Waals surface area (Å²) in [6.07, 6.45) is 2.41. The predicted octanol–water partition coefficient (Wildman–Crippen LogP) is 18.5. The van der Waals surface area contributed by atoms with Crippen LogP contribution in [0, 0.1) is 0 Å². The topological polar surface area (TPSA) is 6.48 Å². The van der Waals surface area contributed by atoms with Gasteiger partial charge in [0.15, 0.2) is 0 Å². The Balaban J connectivity index is 1.20. The molecule has 4 aliphatic rings. The Morgan fingerprint density at radius 2 is 1.04 bits per heavy atom. The van der Waals surface area contributed by atoms with Crippen molar-refractivity contribution in [3.8, 4) is 22.3 Å². The smallest absolute Gasteiger partial charge is 0.343 e. The van der Waals surface area contributed by atoms with Crippen molar-refractivity contribution in [2.45, 2.75) is 149 Å². The lowest BCUT2D eigenvalue weighted by Crippen LogP contribution is -2.61. The number of nitrogens with zero attached hydrogens (tertiary/aromatic N) is 2. The summed E-state index contributed by atoms with van der Waals surface area (Å²) >= 11 is 4.00. The molecule has 2 aliphatic heterocycles. The molecule has 0 saturated heterocycles. The molecule has 0 saturated carbocycles. The summed E-state index contributed by atoms with van der Waals surface area (Å²) in [5.74, 6) is 0. The summed E-state index contributed by atoms with van der Waals surface area (Å²) in [7, 11) is 0. The number of benzene rings is 7. The van der Waals surface area contributed by atoms with Gasteiger partial charge in [0.05, 0.1) is 5.69 Å². The molecule has 0 bridgehead atoms. The molecule has 0 unspecified atom stereocenters. The first-order valence-corrected chi connectivity index (χ1v) is 28.2. The van der Waals surface area contributed by atoms with Gasteiger partial charge in [0, 0.05) is 68.8 Å². The van der Waals surface area contributed by atoms with Crippen molar-refractivity contribution in [3.63, 3.8) is 0 Å². The zero-order chi connectivity index (χ0) is 50.6. The number of fused-ring (bicyclic) bond motifs is 14. The Hall–Kier alpha value is -5.62. The van der Waals surface area contributed by atoms with Crippen molar-refractivity contribution >= 4 is 98.5 Å². The van der Waals surface area contributed by atoms with Gasteiger partial charge in [-0.15, -0.1) is 22.7 Å². The highest BCUT2D eigenvalue weighted by molar-refractivity contribution is 7.32. The van der Waals surface area contributed by atoms with Crippen molar-refractivity contribution < 1.29 is 0 Å². The lowest BCUT2D eigenvalue weighted by Gasteiger charge is -2.46. The normalized spacial score (nSPS) is 17.2. The van der Waals surface area contributed by atoms with Crippen molar-refractivity contribution in [3.05, 3.63) is 160 Å². The van der Waals surface area contributed by atoms with E-state index in [4.69, 9.17) is 0 Å². The summed E-state index contributed by atoms with van der Waals surface area (Å²) in [4.78, 5) is 5.46. The summed E-state index contributed by atoms with van der Waals surface area (Å²) in [5.41, 5.74) is 23.3. The molecule has 4 heterocycles. The molecule has 13 rings (SSSR count). The molecule has 0 radical (unpaired) electrons. The van der Waals surface area contributed by atoms with E-state index in [1.54, 1.807) is 0 Å². The number of anilines is 5. The Kier molecular flexibility index (Phi) is 9.49. The molecule has 2 nitrogen and oxygen atoms in total. The molecular formula is C67H69BN2S2. The molecule has 72 heavy (non-hydrogen) atoms. The molecule has 0 atom stereocenters. The maximum atomic E-state index is 2.77. The van der Waals surface area contributed by atoms with Crippen LogP contribution in [0.5, 0.6) is 0 Å². The molecule has 0 spiro atoms. The lowest BCUT2D eigenvalue weighted by molar-refractivity contribution is 0.332. The average molecular weight is 977 g/mol. The van der Waals surface area contributed by atoms with Crippen LogP contribution in [-0.4, -0.2) is 6.85 Å². The third kappa shape index (κ3) is 6.51. The van der Waals surface area contributed by atoms with E-state index in [1.165, 1.54) is 143 Å². The SMILES string of the molecule is CC(C)(C)c1ccc(N2B3c4sc5ccc(C(C)(C)C)cc5c4N(c4ccc(C(C)(C)C)cc4)c4cc5c(c(c43)-c3cc4c(cc32)sc2cc3c(cc24)C(C)(C)CCC3(C)C)C(C)(C)c2ccccc2-5)cc1. The molecule has 9 aromatic rings. The number of hydrogen-bond acceptors (Lipinski definition) is 4. The van der Waals surface area contributed by atoms with E-state index in [0.717, 1.165) is 0 Å². The zero-order valence-electron chi connectivity index (χ0n) is 45.2. The maximum absolute atomic E-state index is 2.77. The maximum Gasteiger partial charge on any atom is 0.343 e. The summed E-state index contributed by atoms with van der Waals surface area (Å²) in [6, 6.07) is 48.9. The summed E-state index contributed by atoms with van der Waals surface area (Å²) in [5, 5.41) is 4.11. The van der Waals surface area contributed by atoms with Crippen LogP contribution in [0.25, 0.3) is 52.5 Å². The van der Waals surface area contributed by atoms with Crippen LogP contribution in [0.15, 0.2) is 121 Å². The molecule has 5 heteroatoms. The first-order valence-electron chi connectivity index (χ1n) is 26.6. The fraction of sp³-hybridized carbons (Fsp3) is 0.343. The van der Waals surface area contributed by atoms with E-state index < -0.39 is 0 Å². The fourth-order valence-electron chi connectivity index (χ4n) is 13.4. The van der Waals surface area contributed by atoms with Gasteiger partial charge in [-0.25, -0.2) is 0 Å².